The summed E-state index contributed by atoms with van der Waals surface area (Å²) in [6, 6.07) is 7.28. The van der Waals surface area contributed by atoms with E-state index in [1.165, 1.54) is 19.3 Å². The van der Waals surface area contributed by atoms with E-state index in [2.05, 4.69) is 4.72 Å². The summed E-state index contributed by atoms with van der Waals surface area (Å²) in [6.07, 6.45) is 7.11. The third-order valence-electron chi connectivity index (χ3n) is 5.77. The molecule has 5 rings (SSSR count). The smallest absolute Gasteiger partial charge is 0.207 e. The van der Waals surface area contributed by atoms with Crippen LogP contribution >= 0.6 is 0 Å². The molecular weight excluding hydrogens is 282 g/mol. The summed E-state index contributed by atoms with van der Waals surface area (Å²) in [5, 5.41) is 0. The maximum Gasteiger partial charge on any atom is 0.241 e. The van der Waals surface area contributed by atoms with Gasteiger partial charge in [0.05, 0.1) is 4.90 Å². The van der Waals surface area contributed by atoms with Gasteiger partial charge in [-0.05, 0) is 74.8 Å². The van der Waals surface area contributed by atoms with Crippen molar-refractivity contribution >= 4 is 10.0 Å². The summed E-state index contributed by atoms with van der Waals surface area (Å²) in [5.41, 5.74) is 0.672. The van der Waals surface area contributed by atoms with Crippen molar-refractivity contribution in [3.05, 3.63) is 29.8 Å². The van der Waals surface area contributed by atoms with E-state index in [4.69, 9.17) is 0 Å². The van der Waals surface area contributed by atoms with Gasteiger partial charge in [0.1, 0.15) is 0 Å². The van der Waals surface area contributed by atoms with Crippen LogP contribution in [0.4, 0.5) is 0 Å². The van der Waals surface area contributed by atoms with Crippen LogP contribution in [0.2, 0.25) is 0 Å². The zero-order valence-electron chi connectivity index (χ0n) is 12.5. The molecule has 0 radical (unpaired) electrons. The Bertz CT molecular complexity index is 630. The molecule has 0 aliphatic heterocycles. The first-order valence-corrected chi connectivity index (χ1v) is 9.54. The molecule has 0 spiro atoms. The Labute approximate surface area is 127 Å². The van der Waals surface area contributed by atoms with E-state index in [1.807, 2.05) is 19.1 Å². The average molecular weight is 305 g/mol. The van der Waals surface area contributed by atoms with Crippen LogP contribution in [0.1, 0.15) is 44.1 Å². The fraction of sp³-hybridized carbons (Fsp3) is 0.647. The highest BCUT2D eigenvalue weighted by molar-refractivity contribution is 7.89. The molecule has 3 nitrogen and oxygen atoms in total. The van der Waals surface area contributed by atoms with Crippen LogP contribution in [-0.2, 0) is 10.0 Å². The first kappa shape index (κ1) is 13.8. The lowest BCUT2D eigenvalue weighted by Crippen LogP contribution is -2.59. The van der Waals surface area contributed by atoms with Gasteiger partial charge < -0.3 is 0 Å². The highest BCUT2D eigenvalue weighted by Gasteiger charge is 2.52. The molecule has 4 saturated carbocycles. The van der Waals surface area contributed by atoms with Crippen molar-refractivity contribution in [2.24, 2.45) is 17.8 Å². The second-order valence-electron chi connectivity index (χ2n) is 7.57. The minimum absolute atomic E-state index is 0.157. The van der Waals surface area contributed by atoms with Crippen LogP contribution in [0.5, 0.6) is 0 Å². The third kappa shape index (κ3) is 2.33. The maximum atomic E-state index is 12.8. The highest BCUT2D eigenvalue weighted by atomic mass is 32.2. The van der Waals surface area contributed by atoms with Gasteiger partial charge in [-0.1, -0.05) is 18.2 Å². The number of nitrogens with one attached hydrogen (secondary N) is 1. The van der Waals surface area contributed by atoms with Crippen LogP contribution < -0.4 is 4.72 Å². The Hall–Kier alpha value is -0.870. The van der Waals surface area contributed by atoms with Gasteiger partial charge >= 0.3 is 0 Å². The van der Waals surface area contributed by atoms with E-state index in [1.54, 1.807) is 12.1 Å². The van der Waals surface area contributed by atoms with Crippen molar-refractivity contribution in [3.63, 3.8) is 0 Å². The Morgan fingerprint density at radius 3 is 2.05 bits per heavy atom. The van der Waals surface area contributed by atoms with Crippen LogP contribution in [-0.4, -0.2) is 14.0 Å². The molecule has 0 unspecified atom stereocenters. The summed E-state index contributed by atoms with van der Waals surface area (Å²) in [4.78, 5) is 0.445. The summed E-state index contributed by atoms with van der Waals surface area (Å²) < 4.78 is 28.8. The predicted octanol–water partition coefficient (Wildman–Crippen LogP) is 3.24. The van der Waals surface area contributed by atoms with Crippen LogP contribution in [0.3, 0.4) is 0 Å². The normalized spacial score (nSPS) is 37.9. The molecule has 4 aliphatic carbocycles. The highest BCUT2D eigenvalue weighted by Crippen LogP contribution is 2.55. The SMILES string of the molecule is Cc1ccccc1S(=O)(=O)NC12CC3CC(CC(C3)C1)C2. The Kier molecular flexibility index (Phi) is 2.99. The fourth-order valence-corrected chi connectivity index (χ4v) is 7.11. The summed E-state index contributed by atoms with van der Waals surface area (Å²) >= 11 is 0. The molecule has 4 fully saturated rings. The van der Waals surface area contributed by atoms with E-state index < -0.39 is 10.0 Å². The van der Waals surface area contributed by atoms with Gasteiger partial charge in [0.2, 0.25) is 10.0 Å². The molecule has 0 amide bonds. The summed E-state index contributed by atoms with van der Waals surface area (Å²) in [7, 11) is -3.40. The van der Waals surface area contributed by atoms with Crippen molar-refractivity contribution < 1.29 is 8.42 Å². The predicted molar refractivity (Wildman–Crippen MR) is 82.4 cm³/mol. The number of benzene rings is 1. The van der Waals surface area contributed by atoms with Gasteiger partial charge in [0.15, 0.2) is 0 Å². The third-order valence-corrected chi connectivity index (χ3v) is 7.51. The lowest BCUT2D eigenvalue weighted by atomic mass is 9.53. The lowest BCUT2D eigenvalue weighted by Gasteiger charge is -2.56. The molecule has 21 heavy (non-hydrogen) atoms. The van der Waals surface area contributed by atoms with Gasteiger partial charge in [0.25, 0.3) is 0 Å². The average Bonchev–Trinajstić information content (AvgIpc) is 2.35. The van der Waals surface area contributed by atoms with E-state index in [9.17, 15) is 8.42 Å². The molecule has 114 valence electrons. The molecule has 1 N–H and O–H groups in total. The molecule has 0 heterocycles. The molecule has 1 aromatic carbocycles. The molecular formula is C17H23NO2S. The standard InChI is InChI=1S/C17H23NO2S/c1-12-4-2-3-5-16(12)21(19,20)18-17-9-13-6-14(10-17)8-15(7-13)11-17/h2-5,13-15,18H,6-11H2,1H3. The topological polar surface area (TPSA) is 46.2 Å². The number of hydrogen-bond donors (Lipinski definition) is 1. The summed E-state index contributed by atoms with van der Waals surface area (Å²) in [6.45, 7) is 1.87. The largest absolute Gasteiger partial charge is 0.241 e. The minimum Gasteiger partial charge on any atom is -0.207 e. The van der Waals surface area contributed by atoms with Crippen molar-refractivity contribution in [1.29, 1.82) is 0 Å². The zero-order chi connectivity index (χ0) is 14.7. The van der Waals surface area contributed by atoms with Gasteiger partial charge in [-0.15, -0.1) is 0 Å². The maximum absolute atomic E-state index is 12.8. The Morgan fingerprint density at radius 2 is 1.52 bits per heavy atom. The number of rotatable bonds is 3. The van der Waals surface area contributed by atoms with Crippen molar-refractivity contribution in [2.75, 3.05) is 0 Å². The van der Waals surface area contributed by atoms with Crippen molar-refractivity contribution in [3.8, 4) is 0 Å². The monoisotopic (exact) mass is 305 g/mol. The van der Waals surface area contributed by atoms with Gasteiger partial charge in [-0.3, -0.25) is 0 Å². The molecule has 0 saturated heterocycles. The second-order valence-corrected chi connectivity index (χ2v) is 9.22. The molecule has 1 aromatic rings. The minimum atomic E-state index is -3.40. The van der Waals surface area contributed by atoms with Gasteiger partial charge in [-0.25, -0.2) is 13.1 Å². The molecule has 4 aliphatic rings. The van der Waals surface area contributed by atoms with E-state index in [0.29, 0.717) is 4.90 Å². The number of aryl methyl sites for hydroxylation is 1. The van der Waals surface area contributed by atoms with E-state index in [-0.39, 0.29) is 5.54 Å². The number of sulfonamides is 1. The first-order chi connectivity index (χ1) is 9.96. The van der Waals surface area contributed by atoms with Crippen LogP contribution in [0, 0.1) is 24.7 Å². The van der Waals surface area contributed by atoms with Crippen molar-refractivity contribution in [2.45, 2.75) is 55.9 Å². The molecule has 0 aromatic heterocycles. The first-order valence-electron chi connectivity index (χ1n) is 8.05. The van der Waals surface area contributed by atoms with E-state index in [0.717, 1.165) is 42.6 Å². The van der Waals surface area contributed by atoms with Crippen LogP contribution in [0.15, 0.2) is 29.2 Å². The quantitative estimate of drug-likeness (QED) is 0.932. The molecule has 4 bridgehead atoms. The van der Waals surface area contributed by atoms with Crippen molar-refractivity contribution in [1.82, 2.24) is 4.72 Å². The Balaban J connectivity index is 1.65. The second kappa shape index (κ2) is 4.56. The molecule has 4 heteroatoms. The van der Waals surface area contributed by atoms with Gasteiger partial charge in [0, 0.05) is 5.54 Å². The molecule has 0 atom stereocenters. The zero-order valence-corrected chi connectivity index (χ0v) is 13.3. The van der Waals surface area contributed by atoms with Crippen LogP contribution in [0.25, 0.3) is 0 Å². The van der Waals surface area contributed by atoms with Gasteiger partial charge in [-0.2, -0.15) is 0 Å². The number of hydrogen-bond acceptors (Lipinski definition) is 2. The van der Waals surface area contributed by atoms with E-state index >= 15 is 0 Å². The lowest BCUT2D eigenvalue weighted by molar-refractivity contribution is -0.00810. The fourth-order valence-electron chi connectivity index (χ4n) is 5.43. The Morgan fingerprint density at radius 1 is 1.00 bits per heavy atom. The summed E-state index contributed by atoms with van der Waals surface area (Å²) in [5.74, 6) is 2.24.